The molecule has 0 unspecified atom stereocenters. The molecule has 0 aromatic rings. The van der Waals surface area contributed by atoms with E-state index in [9.17, 15) is 9.59 Å². The molecule has 0 aromatic carbocycles. The first-order valence-corrected chi connectivity index (χ1v) is 5.96. The molecule has 0 spiro atoms. The van der Waals surface area contributed by atoms with Gasteiger partial charge in [-0.3, -0.25) is 9.59 Å². The van der Waals surface area contributed by atoms with Crippen molar-refractivity contribution in [3.05, 3.63) is 0 Å². The van der Waals surface area contributed by atoms with Crippen molar-refractivity contribution in [3.8, 4) is 0 Å². The summed E-state index contributed by atoms with van der Waals surface area (Å²) in [6.07, 6.45) is 2.08. The fourth-order valence-corrected chi connectivity index (χ4v) is 2.00. The van der Waals surface area contributed by atoms with E-state index in [1.807, 2.05) is 20.8 Å². The third-order valence-electron chi connectivity index (χ3n) is 2.74. The fourth-order valence-electron chi connectivity index (χ4n) is 2.00. The predicted octanol–water partition coefficient (Wildman–Crippen LogP) is 1.17. The van der Waals surface area contributed by atoms with Crippen molar-refractivity contribution in [2.75, 3.05) is 6.54 Å². The first kappa shape index (κ1) is 14.0. The molecule has 5 heteroatoms. The van der Waals surface area contributed by atoms with Crippen molar-refractivity contribution in [1.29, 1.82) is 0 Å². The molecular weight excluding hydrogens is 222 g/mol. The van der Waals surface area contributed by atoms with Gasteiger partial charge in [0, 0.05) is 6.04 Å². The van der Waals surface area contributed by atoms with Gasteiger partial charge in [-0.2, -0.15) is 0 Å². The van der Waals surface area contributed by atoms with Gasteiger partial charge >= 0.3 is 11.9 Å². The summed E-state index contributed by atoms with van der Waals surface area (Å²) in [6.45, 7) is 5.61. The molecule has 0 saturated heterocycles. The maximum Gasteiger partial charge on any atom is 0.320 e. The lowest BCUT2D eigenvalue weighted by molar-refractivity contribution is -0.153. The molecule has 1 aliphatic carbocycles. The number of hydrogen-bond acceptors (Lipinski definition) is 4. The van der Waals surface area contributed by atoms with E-state index in [-0.39, 0.29) is 24.5 Å². The van der Waals surface area contributed by atoms with E-state index in [1.54, 1.807) is 0 Å². The number of carboxylic acid groups (broad SMARTS) is 1. The zero-order chi connectivity index (χ0) is 13.1. The van der Waals surface area contributed by atoms with Gasteiger partial charge in [0.05, 0.1) is 12.5 Å². The average molecular weight is 243 g/mol. The highest BCUT2D eigenvalue weighted by molar-refractivity contribution is 5.72. The van der Waals surface area contributed by atoms with Gasteiger partial charge in [0.15, 0.2) is 0 Å². The van der Waals surface area contributed by atoms with E-state index in [0.29, 0.717) is 12.8 Å². The molecule has 2 N–H and O–H groups in total. The van der Waals surface area contributed by atoms with Crippen LogP contribution in [0.1, 0.15) is 40.0 Å². The Morgan fingerprint density at radius 1 is 1.35 bits per heavy atom. The van der Waals surface area contributed by atoms with Gasteiger partial charge in [-0.25, -0.2) is 0 Å². The van der Waals surface area contributed by atoms with Gasteiger partial charge in [-0.1, -0.05) is 0 Å². The Balaban J connectivity index is 2.24. The number of ether oxygens (including phenoxy) is 1. The standard InChI is InChI=1S/C12H21NO4/c1-12(2,3)17-10(14)7-13-9-5-4-8(6-9)11(15)16/h8-9,13H,4-7H2,1-3H3,(H,15,16)/t8-,9+/m0/s1. The number of carboxylic acids is 1. The van der Waals surface area contributed by atoms with Crippen molar-refractivity contribution < 1.29 is 19.4 Å². The Labute approximate surface area is 102 Å². The Kier molecular flexibility index (Phi) is 4.51. The minimum absolute atomic E-state index is 0.114. The fraction of sp³-hybridized carbons (Fsp3) is 0.833. The number of esters is 1. The van der Waals surface area contributed by atoms with Gasteiger partial charge in [0.25, 0.3) is 0 Å². The molecule has 1 aliphatic rings. The molecule has 17 heavy (non-hydrogen) atoms. The van der Waals surface area contributed by atoms with Crippen LogP contribution in [0.3, 0.4) is 0 Å². The van der Waals surface area contributed by atoms with E-state index < -0.39 is 11.6 Å². The molecule has 0 heterocycles. The van der Waals surface area contributed by atoms with Crippen molar-refractivity contribution in [1.82, 2.24) is 5.32 Å². The number of carbonyl (C=O) groups is 2. The minimum Gasteiger partial charge on any atom is -0.481 e. The van der Waals surface area contributed by atoms with Crippen molar-refractivity contribution >= 4 is 11.9 Å². The molecule has 5 nitrogen and oxygen atoms in total. The normalized spacial score (nSPS) is 24.6. The topological polar surface area (TPSA) is 75.6 Å². The van der Waals surface area contributed by atoms with Gasteiger partial charge in [-0.05, 0) is 40.0 Å². The summed E-state index contributed by atoms with van der Waals surface area (Å²) in [5.41, 5.74) is -0.474. The van der Waals surface area contributed by atoms with E-state index in [4.69, 9.17) is 9.84 Å². The van der Waals surface area contributed by atoms with Crippen LogP contribution in [0.25, 0.3) is 0 Å². The molecule has 0 radical (unpaired) electrons. The molecule has 98 valence electrons. The highest BCUT2D eigenvalue weighted by atomic mass is 16.6. The minimum atomic E-state index is -0.744. The smallest absolute Gasteiger partial charge is 0.320 e. The number of nitrogens with one attached hydrogen (secondary N) is 1. The van der Waals surface area contributed by atoms with Gasteiger partial charge in [0.2, 0.25) is 0 Å². The summed E-state index contributed by atoms with van der Waals surface area (Å²) in [4.78, 5) is 22.2. The lowest BCUT2D eigenvalue weighted by Gasteiger charge is -2.20. The Bertz CT molecular complexity index is 295. The van der Waals surface area contributed by atoms with Crippen molar-refractivity contribution in [2.24, 2.45) is 5.92 Å². The van der Waals surface area contributed by atoms with Gasteiger partial charge in [0.1, 0.15) is 5.60 Å². The summed E-state index contributed by atoms with van der Waals surface area (Å²) < 4.78 is 5.15. The molecule has 1 saturated carbocycles. The average Bonchev–Trinajstić information content (AvgIpc) is 2.60. The zero-order valence-corrected chi connectivity index (χ0v) is 10.7. The van der Waals surface area contributed by atoms with Crippen LogP contribution in [0.4, 0.5) is 0 Å². The summed E-state index contributed by atoms with van der Waals surface area (Å²) >= 11 is 0. The Morgan fingerprint density at radius 2 is 2.00 bits per heavy atom. The second-order valence-corrected chi connectivity index (χ2v) is 5.51. The molecule has 1 fully saturated rings. The Morgan fingerprint density at radius 3 is 2.47 bits per heavy atom. The number of aliphatic carboxylic acids is 1. The van der Waals surface area contributed by atoms with Gasteiger partial charge in [-0.15, -0.1) is 0 Å². The molecule has 0 amide bonds. The van der Waals surface area contributed by atoms with Crippen molar-refractivity contribution in [2.45, 2.75) is 51.7 Å². The second-order valence-electron chi connectivity index (χ2n) is 5.51. The molecule has 0 aliphatic heterocycles. The third kappa shape index (κ3) is 5.17. The zero-order valence-electron chi connectivity index (χ0n) is 10.7. The summed E-state index contributed by atoms with van der Waals surface area (Å²) in [6, 6.07) is 0.114. The number of rotatable bonds is 4. The van der Waals surface area contributed by atoms with E-state index in [0.717, 1.165) is 6.42 Å². The highest BCUT2D eigenvalue weighted by Gasteiger charge is 2.29. The summed E-state index contributed by atoms with van der Waals surface area (Å²) in [5.74, 6) is -1.31. The van der Waals surface area contributed by atoms with E-state index in [1.165, 1.54) is 0 Å². The lowest BCUT2D eigenvalue weighted by atomic mass is 10.1. The summed E-state index contributed by atoms with van der Waals surface area (Å²) in [7, 11) is 0. The highest BCUT2D eigenvalue weighted by Crippen LogP contribution is 2.25. The first-order chi connectivity index (χ1) is 7.78. The lowest BCUT2D eigenvalue weighted by Crippen LogP contribution is -2.36. The van der Waals surface area contributed by atoms with E-state index in [2.05, 4.69) is 5.32 Å². The molecule has 2 atom stereocenters. The molecule has 1 rings (SSSR count). The third-order valence-corrected chi connectivity index (χ3v) is 2.74. The van der Waals surface area contributed by atoms with Crippen LogP contribution < -0.4 is 5.32 Å². The number of hydrogen-bond donors (Lipinski definition) is 2. The maximum absolute atomic E-state index is 11.4. The molecule has 0 bridgehead atoms. The Hall–Kier alpha value is -1.10. The van der Waals surface area contributed by atoms with Crippen LogP contribution in [-0.2, 0) is 14.3 Å². The van der Waals surface area contributed by atoms with Crippen LogP contribution in [0.2, 0.25) is 0 Å². The molecule has 0 aromatic heterocycles. The second kappa shape index (κ2) is 5.49. The van der Waals surface area contributed by atoms with Crippen LogP contribution in [0.15, 0.2) is 0 Å². The van der Waals surface area contributed by atoms with E-state index >= 15 is 0 Å². The molecular formula is C12H21NO4. The SMILES string of the molecule is CC(C)(C)OC(=O)CN[C@@H]1CC[C@H](C(=O)O)C1. The number of carbonyl (C=O) groups excluding carboxylic acids is 1. The van der Waals surface area contributed by atoms with Crippen LogP contribution >= 0.6 is 0 Å². The van der Waals surface area contributed by atoms with Crippen LogP contribution in [0.5, 0.6) is 0 Å². The van der Waals surface area contributed by atoms with Crippen LogP contribution in [-0.4, -0.2) is 35.2 Å². The van der Waals surface area contributed by atoms with Crippen molar-refractivity contribution in [3.63, 3.8) is 0 Å². The largest absolute Gasteiger partial charge is 0.481 e. The van der Waals surface area contributed by atoms with Crippen LogP contribution in [0, 0.1) is 5.92 Å². The first-order valence-electron chi connectivity index (χ1n) is 5.96. The quantitative estimate of drug-likeness (QED) is 0.725. The predicted molar refractivity (Wildman–Crippen MR) is 62.6 cm³/mol. The summed E-state index contributed by atoms with van der Waals surface area (Å²) in [5, 5.41) is 11.9. The monoisotopic (exact) mass is 243 g/mol. The maximum atomic E-state index is 11.4. The van der Waals surface area contributed by atoms with Gasteiger partial charge < -0.3 is 15.2 Å².